The topological polar surface area (TPSA) is 9.23 Å². The highest BCUT2D eigenvalue weighted by Crippen LogP contribution is 2.04. The van der Waals surface area contributed by atoms with Gasteiger partial charge in [-0.25, -0.2) is 0 Å². The molecule has 0 aromatic heterocycles. The van der Waals surface area contributed by atoms with E-state index in [4.69, 9.17) is 0 Å². The van der Waals surface area contributed by atoms with Crippen molar-refractivity contribution in [1.29, 1.82) is 0 Å². The van der Waals surface area contributed by atoms with Crippen LogP contribution in [0.1, 0.15) is 0 Å². The van der Waals surface area contributed by atoms with Crippen molar-refractivity contribution in [3.05, 3.63) is 47.5 Å². The maximum Gasteiger partial charge on any atom is 0.0766 e. The first-order valence-corrected chi connectivity index (χ1v) is 3.12. The smallest absolute Gasteiger partial charge is 0.0766 e. The van der Waals surface area contributed by atoms with Crippen molar-refractivity contribution in [2.45, 2.75) is 0 Å². The van der Waals surface area contributed by atoms with E-state index in [0.29, 0.717) is 0 Å². The van der Waals surface area contributed by atoms with Crippen molar-refractivity contribution in [1.82, 2.24) is 0 Å². The van der Waals surface area contributed by atoms with Gasteiger partial charge in [-0.2, -0.15) is 0 Å². The van der Waals surface area contributed by atoms with Crippen LogP contribution in [-0.4, -0.2) is 7.11 Å². The molecular formula is C9H10ClO-. The monoisotopic (exact) mass is 169 g/mol. The third-order valence-electron chi connectivity index (χ3n) is 1.38. The Kier molecular flexibility index (Phi) is 4.39. The lowest BCUT2D eigenvalue weighted by Gasteiger charge is -1.95. The molecule has 60 valence electrons. The van der Waals surface area contributed by atoms with Crippen LogP contribution in [0, 0.1) is 10.4 Å². The summed E-state index contributed by atoms with van der Waals surface area (Å²) in [4.78, 5) is 0. The van der Waals surface area contributed by atoms with Gasteiger partial charge in [0, 0.05) is 0 Å². The molecule has 0 unspecified atom stereocenters. The maximum absolute atomic E-state index is 4.31. The van der Waals surface area contributed by atoms with E-state index in [2.05, 4.69) is 35.6 Å². The Labute approximate surface area is 72.4 Å². The normalized spacial score (nSPS) is 8.09. The number of hydrogen-bond acceptors (Lipinski definition) is 1. The van der Waals surface area contributed by atoms with E-state index < -0.39 is 0 Å². The summed E-state index contributed by atoms with van der Waals surface area (Å²) in [6, 6.07) is 8.48. The molecule has 0 fully saturated rings. The minimum atomic E-state index is 0. The molecule has 11 heavy (non-hydrogen) atoms. The van der Waals surface area contributed by atoms with E-state index in [0.717, 1.165) is 0 Å². The van der Waals surface area contributed by atoms with Gasteiger partial charge in [-0.1, -0.05) is 30.8 Å². The molecule has 0 aliphatic heterocycles. The largest absolute Gasteiger partial charge is 1.00 e. The Hall–Kier alpha value is -0.950. The third kappa shape index (κ3) is 2.28. The molecule has 0 amide bonds. The average Bonchev–Trinajstić information content (AvgIpc) is 1.97. The van der Waals surface area contributed by atoms with Crippen LogP contribution in [-0.2, 0) is 4.74 Å². The van der Waals surface area contributed by atoms with Crippen molar-refractivity contribution in [2.24, 2.45) is 0 Å². The van der Waals surface area contributed by atoms with E-state index in [9.17, 15) is 0 Å². The first-order valence-electron chi connectivity index (χ1n) is 3.12. The number of halogens is 1. The van der Waals surface area contributed by atoms with Crippen LogP contribution < -0.4 is 12.4 Å². The predicted molar refractivity (Wildman–Crippen MR) is 41.3 cm³/mol. The zero-order valence-electron chi connectivity index (χ0n) is 6.38. The van der Waals surface area contributed by atoms with Crippen molar-refractivity contribution in [2.75, 3.05) is 7.11 Å². The molecule has 2 aliphatic carbocycles. The van der Waals surface area contributed by atoms with Crippen molar-refractivity contribution in [3.8, 4) is 0 Å². The van der Waals surface area contributed by atoms with Crippen LogP contribution in [0.25, 0.3) is 0 Å². The molecule has 0 aromatic rings. The van der Waals surface area contributed by atoms with Gasteiger partial charge in [-0.15, -0.1) is 0 Å². The Morgan fingerprint density at radius 3 is 1.45 bits per heavy atom. The number of ether oxygens (including phenoxy) is 1. The third-order valence-corrected chi connectivity index (χ3v) is 1.38. The van der Waals surface area contributed by atoms with Crippen LogP contribution >= 0.6 is 0 Å². The van der Waals surface area contributed by atoms with Crippen molar-refractivity contribution in [3.63, 3.8) is 0 Å². The summed E-state index contributed by atoms with van der Waals surface area (Å²) in [7, 11) is 1.56. The molecule has 0 saturated carbocycles. The molecule has 0 bridgehead atoms. The second kappa shape index (κ2) is 4.80. The predicted octanol–water partition coefficient (Wildman–Crippen LogP) is -0.933. The van der Waals surface area contributed by atoms with Gasteiger partial charge >= 0.3 is 0 Å². The van der Waals surface area contributed by atoms with Gasteiger partial charge in [0.05, 0.1) is 13.4 Å². The van der Waals surface area contributed by atoms with Gasteiger partial charge in [0.2, 0.25) is 0 Å². The van der Waals surface area contributed by atoms with Gasteiger partial charge in [0.1, 0.15) is 0 Å². The summed E-state index contributed by atoms with van der Waals surface area (Å²) >= 11 is 0. The lowest BCUT2D eigenvalue weighted by molar-refractivity contribution is -0.00000237. The summed E-state index contributed by atoms with van der Waals surface area (Å²) in [6.07, 6.45) is 1.38. The zero-order chi connectivity index (χ0) is 7.40. The lowest BCUT2D eigenvalue weighted by atomic mass is 10.1. The molecule has 0 saturated heterocycles. The molecule has 0 spiro atoms. The minimum absolute atomic E-state index is 0. The Balaban J connectivity index is 0.000000183. The summed E-state index contributed by atoms with van der Waals surface area (Å²) in [5.74, 6) is 0. The summed E-state index contributed by atoms with van der Waals surface area (Å²) in [5, 5.41) is 2.85. The standard InChI is InChI=1S/C6H4.C3H6O.ClH/c1-2-6-4-3-5(1)6;1-3-4-2;/h1-4H;3H,1H2,2H3;1H/p-1. The first kappa shape index (κ1) is 10.0. The highest BCUT2D eigenvalue weighted by molar-refractivity contribution is 5.22. The van der Waals surface area contributed by atoms with Crippen LogP contribution in [0.5, 0.6) is 0 Å². The van der Waals surface area contributed by atoms with Gasteiger partial charge < -0.3 is 17.1 Å². The van der Waals surface area contributed by atoms with E-state index in [-0.39, 0.29) is 12.4 Å². The SMILES string of the molecule is C=COC.[Cl-].c1cc2ccc1=2. The zero-order valence-corrected chi connectivity index (χ0v) is 7.14. The molecule has 0 radical (unpaired) electrons. The second-order valence-corrected chi connectivity index (χ2v) is 1.98. The number of benzene rings is 1. The fraction of sp³-hybridized carbons (Fsp3) is 0.111. The molecule has 0 heterocycles. The molecule has 2 aliphatic rings. The number of hydrogen-bond donors (Lipinski definition) is 0. The van der Waals surface area contributed by atoms with Crippen LogP contribution in [0.15, 0.2) is 37.1 Å². The molecule has 0 N–H and O–H groups in total. The Morgan fingerprint density at radius 2 is 1.45 bits per heavy atom. The molecule has 1 nitrogen and oxygen atoms in total. The summed E-state index contributed by atoms with van der Waals surface area (Å²) < 4.78 is 4.31. The van der Waals surface area contributed by atoms with Crippen LogP contribution in [0.4, 0.5) is 0 Å². The molecule has 0 aromatic carbocycles. The number of rotatable bonds is 1. The first-order chi connectivity index (χ1) is 4.88. The molecule has 2 rings (SSSR count). The molecule has 2 heteroatoms. The maximum atomic E-state index is 4.31. The fourth-order valence-corrected chi connectivity index (χ4v) is 0.663. The van der Waals surface area contributed by atoms with E-state index >= 15 is 0 Å². The van der Waals surface area contributed by atoms with Crippen molar-refractivity contribution >= 4 is 0 Å². The minimum Gasteiger partial charge on any atom is -1.00 e. The quantitative estimate of drug-likeness (QED) is 0.502. The highest BCUT2D eigenvalue weighted by atomic mass is 35.5. The van der Waals surface area contributed by atoms with Gasteiger partial charge in [0.25, 0.3) is 0 Å². The van der Waals surface area contributed by atoms with Gasteiger partial charge in [-0.05, 0) is 10.4 Å². The van der Waals surface area contributed by atoms with Crippen LogP contribution in [0.2, 0.25) is 0 Å². The lowest BCUT2D eigenvalue weighted by Crippen LogP contribution is -3.00. The van der Waals surface area contributed by atoms with E-state index in [1.807, 2.05) is 0 Å². The van der Waals surface area contributed by atoms with E-state index in [1.165, 1.54) is 16.7 Å². The van der Waals surface area contributed by atoms with Gasteiger partial charge in [0.15, 0.2) is 0 Å². The fourth-order valence-electron chi connectivity index (χ4n) is 0.663. The van der Waals surface area contributed by atoms with E-state index in [1.54, 1.807) is 7.11 Å². The summed E-state index contributed by atoms with van der Waals surface area (Å²) in [6.45, 7) is 3.26. The molecular weight excluding hydrogens is 160 g/mol. The van der Waals surface area contributed by atoms with Gasteiger partial charge in [-0.3, -0.25) is 0 Å². The Bertz CT molecular complexity index is 255. The highest BCUT2D eigenvalue weighted by Gasteiger charge is 1.88. The average molecular weight is 170 g/mol. The van der Waals surface area contributed by atoms with Crippen LogP contribution in [0.3, 0.4) is 0 Å². The van der Waals surface area contributed by atoms with Crippen molar-refractivity contribution < 1.29 is 17.1 Å². The molecule has 0 atom stereocenters. The second-order valence-electron chi connectivity index (χ2n) is 1.98. The number of methoxy groups -OCH3 is 1. The Morgan fingerprint density at radius 1 is 1.18 bits per heavy atom. The summed E-state index contributed by atoms with van der Waals surface area (Å²) in [5.41, 5.74) is 0.